The van der Waals surface area contributed by atoms with Crippen LogP contribution in [0.4, 0.5) is 0 Å². The van der Waals surface area contributed by atoms with Crippen molar-refractivity contribution in [3.05, 3.63) is 40.4 Å². The molecule has 2 aliphatic carbocycles. The summed E-state index contributed by atoms with van der Waals surface area (Å²) in [5, 5.41) is 11.2. The Hall–Kier alpha value is -1.61. The molecule has 192 valence electrons. The number of imide groups is 2. The van der Waals surface area contributed by atoms with Crippen molar-refractivity contribution in [2.75, 3.05) is 5.45 Å². The Morgan fingerprint density at radius 3 is 2.36 bits per heavy atom. The number of halogens is 4. The first-order valence-corrected chi connectivity index (χ1v) is 13.8. The number of allylic oxidation sites excluding steroid dienone is 2. The average molecular weight is 619 g/mol. The molecule has 7 nitrogen and oxygen atoms in total. The van der Waals surface area contributed by atoms with E-state index in [-0.39, 0.29) is 41.4 Å². The Balaban J connectivity index is 1.75. The van der Waals surface area contributed by atoms with Crippen molar-refractivity contribution in [1.82, 2.24) is 9.80 Å². The molecule has 4 amide bonds. The Morgan fingerprint density at radius 2 is 1.75 bits per heavy atom. The lowest BCUT2D eigenvalue weighted by atomic mass is 9.56. The molecule has 4 aliphatic rings. The van der Waals surface area contributed by atoms with Gasteiger partial charge in [-0.2, -0.15) is 0 Å². The third-order valence-electron chi connectivity index (χ3n) is 7.99. The van der Waals surface area contributed by atoms with Crippen molar-refractivity contribution >= 4 is 74.4 Å². The van der Waals surface area contributed by atoms with Gasteiger partial charge in [0.05, 0.1) is 17.3 Å². The molecule has 1 aromatic rings. The van der Waals surface area contributed by atoms with Crippen molar-refractivity contribution < 1.29 is 24.3 Å². The fourth-order valence-corrected chi connectivity index (χ4v) is 8.11. The summed E-state index contributed by atoms with van der Waals surface area (Å²) in [7, 11) is 0. The molecular weight excluding hydrogens is 595 g/mol. The molecule has 5 rings (SSSR count). The fraction of sp³-hybridized carbons (Fsp3) is 0.520. The molecule has 6 atom stereocenters. The average Bonchev–Trinajstić information content (AvgIpc) is 3.14. The number of carbonyl (C=O) groups is 4. The van der Waals surface area contributed by atoms with E-state index in [9.17, 15) is 24.3 Å². The van der Waals surface area contributed by atoms with Crippen LogP contribution in [0.3, 0.4) is 0 Å². The molecule has 0 radical (unpaired) electrons. The zero-order valence-electron chi connectivity index (χ0n) is 19.7. The van der Waals surface area contributed by atoms with E-state index in [1.54, 1.807) is 20.8 Å². The second-order valence-corrected chi connectivity index (χ2v) is 13.1. The molecule has 2 saturated heterocycles. The molecule has 3 fully saturated rings. The first kappa shape index (κ1) is 26.0. The third kappa shape index (κ3) is 3.17. The van der Waals surface area contributed by atoms with Crippen LogP contribution in [-0.4, -0.2) is 59.3 Å². The largest absolute Gasteiger partial charge is 0.508 e. The molecule has 0 spiro atoms. The van der Waals surface area contributed by atoms with E-state index in [1.807, 2.05) is 6.08 Å². The van der Waals surface area contributed by atoms with Gasteiger partial charge >= 0.3 is 0 Å². The number of alkyl halides is 3. The first-order chi connectivity index (χ1) is 16.7. The standard InChI is InChI=1S/C25H24BrCl3N2O5/c1-23(2,3)31-19(33)13-6-5-12-15(17(13)20(31)34)9-24(28)21(35)30(10-26)22(36)25(24,29)18(12)14-8-11(27)4-7-16(14)32/h4-5,7-8,13,15,17-18,32H,6,9-10H2,1-3H3. The number of nitrogens with zero attached hydrogens (tertiary/aromatic N) is 2. The van der Waals surface area contributed by atoms with Crippen molar-refractivity contribution in [3.8, 4) is 5.75 Å². The zero-order chi connectivity index (χ0) is 26.5. The van der Waals surface area contributed by atoms with Gasteiger partial charge in [-0.3, -0.25) is 29.0 Å². The van der Waals surface area contributed by atoms with Crippen LogP contribution in [0.25, 0.3) is 0 Å². The predicted molar refractivity (Wildman–Crippen MR) is 138 cm³/mol. The second kappa shape index (κ2) is 8.19. The summed E-state index contributed by atoms with van der Waals surface area (Å²) >= 11 is 23.7. The van der Waals surface area contributed by atoms with Gasteiger partial charge in [-0.25, -0.2) is 0 Å². The summed E-state index contributed by atoms with van der Waals surface area (Å²) in [6.45, 7) is 5.38. The van der Waals surface area contributed by atoms with Crippen LogP contribution >= 0.6 is 50.7 Å². The van der Waals surface area contributed by atoms with Gasteiger partial charge in [-0.15, -0.1) is 23.2 Å². The Bertz CT molecular complexity index is 1260. The van der Waals surface area contributed by atoms with E-state index < -0.39 is 50.8 Å². The summed E-state index contributed by atoms with van der Waals surface area (Å²) in [6, 6.07) is 4.38. The number of aromatic hydroxyl groups is 1. The maximum atomic E-state index is 13.7. The number of phenolic OH excluding ortho intramolecular Hbond substituents is 1. The van der Waals surface area contributed by atoms with E-state index in [4.69, 9.17) is 34.8 Å². The van der Waals surface area contributed by atoms with Crippen LogP contribution in [0.1, 0.15) is 45.1 Å². The van der Waals surface area contributed by atoms with Gasteiger partial charge in [0.25, 0.3) is 11.8 Å². The number of likely N-dealkylation sites (tertiary alicyclic amines) is 2. The van der Waals surface area contributed by atoms with Crippen LogP contribution in [0.15, 0.2) is 29.8 Å². The molecule has 36 heavy (non-hydrogen) atoms. The number of rotatable bonds is 2. The molecule has 2 aliphatic heterocycles. The molecule has 0 aromatic heterocycles. The number of hydrogen-bond donors (Lipinski definition) is 1. The summed E-state index contributed by atoms with van der Waals surface area (Å²) < 4.78 is 0. The first-order valence-electron chi connectivity index (χ1n) is 11.6. The van der Waals surface area contributed by atoms with Crippen molar-refractivity contribution in [2.24, 2.45) is 17.8 Å². The predicted octanol–water partition coefficient (Wildman–Crippen LogP) is 4.56. The molecule has 1 aromatic carbocycles. The zero-order valence-corrected chi connectivity index (χ0v) is 23.6. The Labute approximate surface area is 231 Å². The molecular formula is C25H24BrCl3N2O5. The van der Waals surface area contributed by atoms with Gasteiger partial charge in [0.1, 0.15) is 5.75 Å². The number of benzene rings is 1. The van der Waals surface area contributed by atoms with Gasteiger partial charge in [0.15, 0.2) is 9.75 Å². The van der Waals surface area contributed by atoms with Crippen LogP contribution in [0.5, 0.6) is 5.75 Å². The minimum absolute atomic E-state index is 0.103. The van der Waals surface area contributed by atoms with E-state index in [0.717, 1.165) is 4.90 Å². The van der Waals surface area contributed by atoms with E-state index >= 15 is 0 Å². The Morgan fingerprint density at radius 1 is 1.08 bits per heavy atom. The number of carbonyl (C=O) groups excluding carboxylic acids is 4. The normalized spacial score (nSPS) is 36.1. The van der Waals surface area contributed by atoms with Gasteiger partial charge in [-0.05, 0) is 57.7 Å². The third-order valence-corrected chi connectivity index (χ3v) is 10.1. The van der Waals surface area contributed by atoms with Gasteiger partial charge in [0.2, 0.25) is 11.8 Å². The van der Waals surface area contributed by atoms with Crippen LogP contribution in [0.2, 0.25) is 5.02 Å². The van der Waals surface area contributed by atoms with E-state index in [2.05, 4.69) is 15.9 Å². The van der Waals surface area contributed by atoms with Crippen LogP contribution < -0.4 is 0 Å². The SMILES string of the molecule is CC(C)(C)N1C(=O)C2CC=C3C(CC4(Cl)C(=O)N(CBr)C(=O)C4(Cl)C3c3cc(Cl)ccc3O)C2C1=O. The summed E-state index contributed by atoms with van der Waals surface area (Å²) in [6.07, 6.45) is 1.98. The maximum Gasteiger partial charge on any atom is 0.254 e. The van der Waals surface area contributed by atoms with Crippen LogP contribution in [-0.2, 0) is 19.2 Å². The quantitative estimate of drug-likeness (QED) is 0.227. The molecule has 6 unspecified atom stereocenters. The highest BCUT2D eigenvalue weighted by Crippen LogP contribution is 2.66. The maximum absolute atomic E-state index is 13.7. The molecule has 1 saturated carbocycles. The van der Waals surface area contributed by atoms with Crippen molar-refractivity contribution in [1.29, 1.82) is 0 Å². The number of amides is 4. The van der Waals surface area contributed by atoms with Gasteiger partial charge < -0.3 is 5.11 Å². The second-order valence-electron chi connectivity index (χ2n) is 10.9. The number of hydrogen-bond acceptors (Lipinski definition) is 5. The minimum atomic E-state index is -1.98. The molecule has 1 N–H and O–H groups in total. The van der Waals surface area contributed by atoms with E-state index in [0.29, 0.717) is 10.6 Å². The molecule has 11 heteroatoms. The fourth-order valence-electron chi connectivity index (χ4n) is 6.52. The summed E-state index contributed by atoms with van der Waals surface area (Å²) in [4.78, 5) is 52.6. The van der Waals surface area contributed by atoms with Crippen LogP contribution in [0, 0.1) is 17.8 Å². The highest BCUT2D eigenvalue weighted by atomic mass is 79.9. The van der Waals surface area contributed by atoms with Gasteiger partial charge in [-0.1, -0.05) is 39.2 Å². The molecule has 0 bridgehead atoms. The van der Waals surface area contributed by atoms with Gasteiger partial charge in [0, 0.05) is 22.0 Å². The molecule has 2 heterocycles. The topological polar surface area (TPSA) is 95.0 Å². The smallest absolute Gasteiger partial charge is 0.254 e. The number of fused-ring (bicyclic) bond motifs is 4. The Kier molecular flexibility index (Phi) is 5.92. The highest BCUT2D eigenvalue weighted by Gasteiger charge is 2.76. The lowest BCUT2D eigenvalue weighted by Crippen LogP contribution is -2.60. The minimum Gasteiger partial charge on any atom is -0.508 e. The highest BCUT2D eigenvalue weighted by molar-refractivity contribution is 9.09. The van der Waals surface area contributed by atoms with Crippen molar-refractivity contribution in [3.63, 3.8) is 0 Å². The summed E-state index contributed by atoms with van der Waals surface area (Å²) in [5.74, 6) is -5.23. The summed E-state index contributed by atoms with van der Waals surface area (Å²) in [5.41, 5.74) is -0.00739. The number of phenols is 1. The monoisotopic (exact) mass is 616 g/mol. The van der Waals surface area contributed by atoms with E-state index in [1.165, 1.54) is 23.1 Å². The lowest BCUT2D eigenvalue weighted by Gasteiger charge is -2.50. The van der Waals surface area contributed by atoms with Crippen molar-refractivity contribution in [2.45, 2.75) is 54.8 Å². The lowest BCUT2D eigenvalue weighted by molar-refractivity contribution is -0.146.